The summed E-state index contributed by atoms with van der Waals surface area (Å²) in [6.07, 6.45) is 5.92. The van der Waals surface area contributed by atoms with Crippen molar-refractivity contribution in [2.75, 3.05) is 26.2 Å². The summed E-state index contributed by atoms with van der Waals surface area (Å²) < 4.78 is 10.5. The summed E-state index contributed by atoms with van der Waals surface area (Å²) in [6.45, 7) is 1.02. The van der Waals surface area contributed by atoms with E-state index >= 15 is 0 Å². The highest BCUT2D eigenvalue weighted by atomic mass is 16.5. The van der Waals surface area contributed by atoms with E-state index in [0.717, 1.165) is 43.2 Å². The summed E-state index contributed by atoms with van der Waals surface area (Å²) in [7, 11) is 1.32. The van der Waals surface area contributed by atoms with Crippen molar-refractivity contribution in [1.82, 2.24) is 15.5 Å². The summed E-state index contributed by atoms with van der Waals surface area (Å²) in [5, 5.41) is 5.54. The number of esters is 2. The number of ether oxygens (including phenoxy) is 2. The lowest BCUT2D eigenvalue weighted by atomic mass is 10.1. The third-order valence-electron chi connectivity index (χ3n) is 6.61. The number of carbonyl (C=O) groups excluding carboxylic acids is 5. The molecule has 0 bridgehead atoms. The number of unbranched alkanes of at least 4 members (excludes halogenated alkanes) is 5. The first-order valence-corrected chi connectivity index (χ1v) is 15.0. The molecule has 10 nitrogen and oxygen atoms in total. The highest BCUT2D eigenvalue weighted by Crippen LogP contribution is 2.07. The second-order valence-corrected chi connectivity index (χ2v) is 10.3. The van der Waals surface area contributed by atoms with E-state index in [2.05, 4.69) is 10.6 Å². The average Bonchev–Trinajstić information content (AvgIpc) is 3.00. The Morgan fingerprint density at radius 1 is 0.581 bits per heavy atom. The number of nitrogens with one attached hydrogen (secondary N) is 2. The molecule has 43 heavy (non-hydrogen) atoms. The third kappa shape index (κ3) is 17.4. The smallest absolute Gasteiger partial charge is 0.306 e. The number of hydrogen-bond donors (Lipinski definition) is 2. The lowest BCUT2D eigenvalue weighted by Gasteiger charge is -2.20. The standard InChI is InChI=1S/C32H44BN3O7/c33-32(41)36(23-29(38)35-21-13-5-11-19-31(40)43-25-27-16-8-4-9-17-27)22-28(37)34-20-12-2-1-10-18-30(39)42-24-26-14-6-3-7-15-26/h3-4,6-9,14-17H,1-2,5,10-13,18-25,33H2,(H,34,37)(H,35,38). The van der Waals surface area contributed by atoms with Crippen LogP contribution < -0.4 is 10.6 Å². The molecule has 2 N–H and O–H groups in total. The van der Waals surface area contributed by atoms with Gasteiger partial charge in [0.25, 0.3) is 0 Å². The quantitative estimate of drug-likeness (QED) is 0.129. The van der Waals surface area contributed by atoms with Gasteiger partial charge in [0.2, 0.25) is 19.7 Å². The van der Waals surface area contributed by atoms with Crippen molar-refractivity contribution in [3.8, 4) is 0 Å². The Labute approximate surface area is 255 Å². The number of amides is 3. The van der Waals surface area contributed by atoms with Crippen LogP contribution in [0.4, 0.5) is 4.79 Å². The molecule has 0 saturated carbocycles. The van der Waals surface area contributed by atoms with Crippen LogP contribution in [0.2, 0.25) is 0 Å². The predicted octanol–water partition coefficient (Wildman–Crippen LogP) is 3.27. The highest BCUT2D eigenvalue weighted by molar-refractivity contribution is 6.57. The molecular weight excluding hydrogens is 549 g/mol. The Kier molecular flexibility index (Phi) is 17.6. The van der Waals surface area contributed by atoms with E-state index in [1.807, 2.05) is 60.7 Å². The monoisotopic (exact) mass is 593 g/mol. The van der Waals surface area contributed by atoms with Gasteiger partial charge in [0.15, 0.2) is 5.81 Å². The van der Waals surface area contributed by atoms with Gasteiger partial charge in [-0.2, -0.15) is 0 Å². The third-order valence-corrected chi connectivity index (χ3v) is 6.61. The molecule has 0 radical (unpaired) electrons. The number of nitrogens with zero attached hydrogens (tertiary/aromatic N) is 1. The van der Waals surface area contributed by atoms with E-state index in [1.165, 1.54) is 12.7 Å². The molecule has 0 atom stereocenters. The molecule has 0 aliphatic heterocycles. The second-order valence-electron chi connectivity index (χ2n) is 10.3. The van der Waals surface area contributed by atoms with E-state index in [0.29, 0.717) is 38.8 Å². The average molecular weight is 594 g/mol. The molecule has 0 heterocycles. The summed E-state index contributed by atoms with van der Waals surface area (Å²) >= 11 is 0. The Morgan fingerprint density at radius 3 is 1.40 bits per heavy atom. The molecule has 2 rings (SSSR count). The van der Waals surface area contributed by atoms with Crippen LogP contribution in [0.5, 0.6) is 0 Å². The second kappa shape index (κ2) is 21.5. The van der Waals surface area contributed by atoms with Crippen molar-refractivity contribution in [1.29, 1.82) is 0 Å². The topological polar surface area (TPSA) is 131 Å². The summed E-state index contributed by atoms with van der Waals surface area (Å²) in [6, 6.07) is 19.0. The van der Waals surface area contributed by atoms with Crippen LogP contribution in [0, 0.1) is 0 Å². The zero-order valence-electron chi connectivity index (χ0n) is 25.2. The van der Waals surface area contributed by atoms with Crippen molar-refractivity contribution in [2.24, 2.45) is 0 Å². The van der Waals surface area contributed by atoms with Crippen LogP contribution in [0.1, 0.15) is 68.9 Å². The van der Waals surface area contributed by atoms with E-state index in [-0.39, 0.29) is 55.9 Å². The van der Waals surface area contributed by atoms with Gasteiger partial charge in [-0.15, -0.1) is 0 Å². The van der Waals surface area contributed by atoms with E-state index in [4.69, 9.17) is 9.47 Å². The molecule has 0 fully saturated rings. The minimum absolute atomic E-state index is 0.193. The fourth-order valence-corrected chi connectivity index (χ4v) is 4.13. The fraction of sp³-hybridized carbons (Fsp3) is 0.469. The molecule has 0 spiro atoms. The maximum Gasteiger partial charge on any atom is 0.306 e. The summed E-state index contributed by atoms with van der Waals surface area (Å²) in [5.41, 5.74) is 1.90. The lowest BCUT2D eigenvalue weighted by molar-refractivity contribution is -0.146. The van der Waals surface area contributed by atoms with Crippen molar-refractivity contribution in [2.45, 2.75) is 71.0 Å². The van der Waals surface area contributed by atoms with Gasteiger partial charge < -0.3 is 25.0 Å². The van der Waals surface area contributed by atoms with Gasteiger partial charge >= 0.3 is 11.9 Å². The molecule has 2 aromatic carbocycles. The van der Waals surface area contributed by atoms with Gasteiger partial charge in [-0.3, -0.25) is 24.0 Å². The Bertz CT molecular complexity index is 1130. The van der Waals surface area contributed by atoms with Gasteiger partial charge in [0.05, 0.1) is 13.1 Å². The summed E-state index contributed by atoms with van der Waals surface area (Å²) in [5.74, 6) is -1.50. The van der Waals surface area contributed by atoms with E-state index < -0.39 is 0 Å². The first-order chi connectivity index (χ1) is 20.8. The van der Waals surface area contributed by atoms with Crippen molar-refractivity contribution < 1.29 is 33.4 Å². The first kappa shape index (κ1) is 35.1. The molecule has 3 amide bonds. The molecule has 0 aliphatic carbocycles. The van der Waals surface area contributed by atoms with Crippen LogP contribution in [0.3, 0.4) is 0 Å². The van der Waals surface area contributed by atoms with Gasteiger partial charge in [0, 0.05) is 25.9 Å². The van der Waals surface area contributed by atoms with Crippen molar-refractivity contribution in [3.05, 3.63) is 71.8 Å². The molecule has 11 heteroatoms. The normalized spacial score (nSPS) is 10.4. The van der Waals surface area contributed by atoms with E-state index in [1.54, 1.807) is 0 Å². The maximum absolute atomic E-state index is 12.3. The van der Waals surface area contributed by atoms with Gasteiger partial charge in [-0.25, -0.2) is 0 Å². The highest BCUT2D eigenvalue weighted by Gasteiger charge is 2.16. The number of benzene rings is 2. The van der Waals surface area contributed by atoms with Crippen LogP contribution in [0.25, 0.3) is 0 Å². The van der Waals surface area contributed by atoms with Crippen molar-refractivity contribution >= 4 is 37.4 Å². The molecule has 232 valence electrons. The SMILES string of the molecule is BC(=O)N(CC(=O)NCCCCCCC(=O)OCc1ccccc1)CC(=O)NCCCCCC(=O)OCc1ccccc1. The maximum atomic E-state index is 12.3. The molecule has 0 aromatic heterocycles. The van der Waals surface area contributed by atoms with Gasteiger partial charge in [-0.05, 0) is 36.8 Å². The molecule has 0 unspecified atom stereocenters. The van der Waals surface area contributed by atoms with Crippen LogP contribution in [-0.4, -0.2) is 68.5 Å². The van der Waals surface area contributed by atoms with Crippen LogP contribution >= 0.6 is 0 Å². The molecule has 0 aliphatic rings. The van der Waals surface area contributed by atoms with Crippen LogP contribution in [0.15, 0.2) is 60.7 Å². The predicted molar refractivity (Wildman–Crippen MR) is 166 cm³/mol. The van der Waals surface area contributed by atoms with E-state index in [9.17, 15) is 24.0 Å². The number of hydrogen-bond acceptors (Lipinski definition) is 7. The van der Waals surface area contributed by atoms with Crippen molar-refractivity contribution in [3.63, 3.8) is 0 Å². The molecule has 2 aromatic rings. The van der Waals surface area contributed by atoms with Crippen LogP contribution in [-0.2, 0) is 41.9 Å². The molecule has 0 saturated heterocycles. The lowest BCUT2D eigenvalue weighted by Crippen LogP contribution is -2.45. The first-order valence-electron chi connectivity index (χ1n) is 15.0. The largest absolute Gasteiger partial charge is 0.461 e. The Hall–Kier alpha value is -4.15. The summed E-state index contributed by atoms with van der Waals surface area (Å²) in [4.78, 5) is 61.4. The number of carbonyl (C=O) groups is 5. The minimum atomic E-state index is -0.363. The Morgan fingerprint density at radius 2 is 0.977 bits per heavy atom. The fourth-order valence-electron chi connectivity index (χ4n) is 4.13. The Balaban J connectivity index is 1.46. The number of rotatable bonds is 21. The zero-order chi connectivity index (χ0) is 31.1. The minimum Gasteiger partial charge on any atom is -0.461 e. The zero-order valence-corrected chi connectivity index (χ0v) is 25.2. The van der Waals surface area contributed by atoms with Gasteiger partial charge in [-0.1, -0.05) is 79.9 Å². The molecular formula is C32H44BN3O7. The van der Waals surface area contributed by atoms with Gasteiger partial charge in [0.1, 0.15) is 13.2 Å².